The Balaban J connectivity index is 0.00000148. The number of imidazole rings is 1. The van der Waals surface area contributed by atoms with Gasteiger partial charge >= 0.3 is 0 Å². The summed E-state index contributed by atoms with van der Waals surface area (Å²) in [6.45, 7) is 8.44. The molecule has 4 heterocycles. The molecular weight excluding hydrogens is 456 g/mol. The lowest BCUT2D eigenvalue weighted by Gasteiger charge is -2.30. The normalized spacial score (nSPS) is 14.1. The van der Waals surface area contributed by atoms with Crippen LogP contribution in [-0.2, 0) is 19.4 Å². The lowest BCUT2D eigenvalue weighted by atomic mass is 10.00. The predicted octanol–water partition coefficient (Wildman–Crippen LogP) is 3.51. The molecule has 1 atom stereocenters. The molecule has 1 aromatic carbocycles. The minimum Gasteiger partial charge on any atom is -0.390 e. The number of β-amino-alcohol motifs (C(OH)–C–C–N with tert-alkyl or cyclic N) is 1. The molecule has 1 aliphatic heterocycles. The number of benzene rings is 1. The van der Waals surface area contributed by atoms with Crippen LogP contribution < -0.4 is 5.32 Å². The van der Waals surface area contributed by atoms with Crippen molar-refractivity contribution in [1.29, 1.82) is 0 Å². The molecule has 0 aliphatic carbocycles. The number of nitrogens with one attached hydrogen (secondary N) is 1. The van der Waals surface area contributed by atoms with E-state index in [1.165, 1.54) is 11.1 Å². The summed E-state index contributed by atoms with van der Waals surface area (Å²) in [6.07, 6.45) is 5.47. The molecule has 1 amide bonds. The first-order chi connectivity index (χ1) is 17.6. The third-order valence-corrected chi connectivity index (χ3v) is 6.05. The molecule has 0 radical (unpaired) electrons. The molecule has 4 aromatic rings. The number of aliphatic hydroxyl groups is 1. The summed E-state index contributed by atoms with van der Waals surface area (Å²) in [5.74, 6) is 0.794. The average Bonchev–Trinajstić information content (AvgIpc) is 3.55. The van der Waals surface area contributed by atoms with Crippen molar-refractivity contribution < 1.29 is 14.4 Å². The van der Waals surface area contributed by atoms with Crippen molar-refractivity contribution in [2.45, 2.75) is 52.7 Å². The Hall–Kier alpha value is -3.56. The minimum absolute atomic E-state index is 0.166. The largest absolute Gasteiger partial charge is 0.390 e. The van der Waals surface area contributed by atoms with E-state index in [2.05, 4.69) is 50.5 Å². The lowest BCUT2D eigenvalue weighted by Crippen LogP contribution is -2.42. The Labute approximate surface area is 211 Å². The Morgan fingerprint density at radius 1 is 1.14 bits per heavy atom. The Bertz CT molecular complexity index is 1300. The maximum Gasteiger partial charge on any atom is 0.271 e. The maximum atomic E-state index is 12.7. The molecule has 190 valence electrons. The van der Waals surface area contributed by atoms with Crippen LogP contribution in [0, 0.1) is 0 Å². The van der Waals surface area contributed by atoms with Crippen LogP contribution in [-0.4, -0.2) is 61.2 Å². The minimum atomic E-state index is -0.659. The van der Waals surface area contributed by atoms with Crippen molar-refractivity contribution in [3.63, 3.8) is 0 Å². The summed E-state index contributed by atoms with van der Waals surface area (Å²) in [7, 11) is 0. The molecule has 36 heavy (non-hydrogen) atoms. The van der Waals surface area contributed by atoms with E-state index in [-0.39, 0.29) is 18.1 Å². The zero-order chi connectivity index (χ0) is 25.5. The van der Waals surface area contributed by atoms with E-state index < -0.39 is 6.10 Å². The first-order valence-corrected chi connectivity index (χ1v) is 12.7. The number of aryl methyl sites for hydroxylation is 1. The molecule has 2 N–H and O–H groups in total. The van der Waals surface area contributed by atoms with Crippen LogP contribution >= 0.6 is 0 Å². The fourth-order valence-corrected chi connectivity index (χ4v) is 4.29. The molecule has 0 spiro atoms. The van der Waals surface area contributed by atoms with Gasteiger partial charge in [0.1, 0.15) is 11.3 Å². The summed E-state index contributed by atoms with van der Waals surface area (Å²) in [6, 6.07) is 12.1. The van der Waals surface area contributed by atoms with E-state index in [0.29, 0.717) is 23.9 Å². The highest BCUT2D eigenvalue weighted by molar-refractivity contribution is 5.92. The number of nitrogens with zero attached hydrogens (tertiary/aromatic N) is 5. The van der Waals surface area contributed by atoms with E-state index in [9.17, 15) is 9.90 Å². The highest BCUT2D eigenvalue weighted by Gasteiger charge is 2.19. The number of aromatic nitrogens is 4. The summed E-state index contributed by atoms with van der Waals surface area (Å²) >= 11 is 0. The second-order valence-electron chi connectivity index (χ2n) is 8.69. The number of hydrogen-bond acceptors (Lipinski definition) is 7. The number of carbonyl (C=O) groups is 1. The topological polar surface area (TPSA) is 109 Å². The monoisotopic (exact) mass is 490 g/mol. The fourth-order valence-electron chi connectivity index (χ4n) is 4.29. The second-order valence-corrected chi connectivity index (χ2v) is 8.69. The molecule has 0 saturated carbocycles. The van der Waals surface area contributed by atoms with Crippen molar-refractivity contribution in [1.82, 2.24) is 29.7 Å². The zero-order valence-corrected chi connectivity index (χ0v) is 21.1. The summed E-state index contributed by atoms with van der Waals surface area (Å²) in [5.41, 5.74) is 4.38. The summed E-state index contributed by atoms with van der Waals surface area (Å²) in [5, 5.41) is 17.3. The Morgan fingerprint density at radius 3 is 2.75 bits per heavy atom. The van der Waals surface area contributed by atoms with Gasteiger partial charge in [0.05, 0.1) is 6.10 Å². The molecule has 1 aliphatic rings. The van der Waals surface area contributed by atoms with Gasteiger partial charge < -0.3 is 19.3 Å². The van der Waals surface area contributed by atoms with Crippen LogP contribution in [0.25, 0.3) is 17.0 Å². The van der Waals surface area contributed by atoms with Gasteiger partial charge in [-0.3, -0.25) is 9.69 Å². The van der Waals surface area contributed by atoms with Gasteiger partial charge in [-0.2, -0.15) is 4.98 Å². The van der Waals surface area contributed by atoms with E-state index in [1.807, 2.05) is 38.2 Å². The molecular formula is C27H34N6O3. The van der Waals surface area contributed by atoms with Crippen molar-refractivity contribution in [3.05, 3.63) is 71.5 Å². The van der Waals surface area contributed by atoms with E-state index in [4.69, 9.17) is 4.52 Å². The van der Waals surface area contributed by atoms with Gasteiger partial charge in [0.25, 0.3) is 5.91 Å². The molecule has 9 heteroatoms. The van der Waals surface area contributed by atoms with Crippen LogP contribution in [0.2, 0.25) is 0 Å². The highest BCUT2D eigenvalue weighted by atomic mass is 16.5. The number of carbonyl (C=O) groups excluding carboxylic acids is 1. The molecule has 0 fully saturated rings. The van der Waals surface area contributed by atoms with Crippen LogP contribution in [0.4, 0.5) is 0 Å². The van der Waals surface area contributed by atoms with Gasteiger partial charge in [0, 0.05) is 50.6 Å². The molecule has 9 nitrogen and oxygen atoms in total. The van der Waals surface area contributed by atoms with E-state index in [0.717, 1.165) is 37.9 Å². The highest BCUT2D eigenvalue weighted by Crippen LogP contribution is 2.19. The van der Waals surface area contributed by atoms with Gasteiger partial charge in [-0.1, -0.05) is 50.2 Å². The van der Waals surface area contributed by atoms with Gasteiger partial charge in [-0.25, -0.2) is 4.98 Å². The maximum absolute atomic E-state index is 12.7. The van der Waals surface area contributed by atoms with Gasteiger partial charge in [-0.15, -0.1) is 0 Å². The number of aliphatic hydroxyl groups excluding tert-OH is 1. The number of rotatable bonds is 8. The molecule has 0 bridgehead atoms. The van der Waals surface area contributed by atoms with Crippen LogP contribution in [0.5, 0.6) is 0 Å². The Morgan fingerprint density at radius 2 is 1.94 bits per heavy atom. The lowest BCUT2D eigenvalue weighted by molar-refractivity contribution is 0.0838. The number of amides is 1. The molecule has 3 aromatic heterocycles. The fraction of sp³-hybridized carbons (Fsp3) is 0.407. The van der Waals surface area contributed by atoms with Crippen molar-refractivity contribution in [2.75, 3.05) is 19.6 Å². The van der Waals surface area contributed by atoms with Crippen LogP contribution in [0.3, 0.4) is 0 Å². The zero-order valence-electron chi connectivity index (χ0n) is 21.1. The van der Waals surface area contributed by atoms with Gasteiger partial charge in [0.15, 0.2) is 0 Å². The number of pyridine rings is 1. The second kappa shape index (κ2) is 11.9. The smallest absolute Gasteiger partial charge is 0.271 e. The molecule has 5 rings (SSSR count). The van der Waals surface area contributed by atoms with E-state index in [1.54, 1.807) is 10.6 Å². The SMILES string of the molecule is CC.CCCc1nc(-c2ccc3nc(C(=O)NCC(O)CN4CCc5ccccc5C4)cn3c2)no1. The first kappa shape index (κ1) is 25.5. The number of hydrogen-bond donors (Lipinski definition) is 2. The summed E-state index contributed by atoms with van der Waals surface area (Å²) in [4.78, 5) is 23.7. The van der Waals surface area contributed by atoms with Crippen LogP contribution in [0.1, 0.15) is 54.7 Å². The van der Waals surface area contributed by atoms with Crippen LogP contribution in [0.15, 0.2) is 53.3 Å². The van der Waals surface area contributed by atoms with Gasteiger partial charge in [-0.05, 0) is 36.1 Å². The summed E-state index contributed by atoms with van der Waals surface area (Å²) < 4.78 is 7.03. The average molecular weight is 491 g/mol. The van der Waals surface area contributed by atoms with Gasteiger partial charge in [0.2, 0.25) is 11.7 Å². The third-order valence-electron chi connectivity index (χ3n) is 6.05. The molecule has 1 unspecified atom stereocenters. The standard InChI is InChI=1S/C25H28N6O3.C2H6/c1-2-5-23-28-24(29-34-23)19-8-9-22-27-21(16-31(22)14-19)25(33)26-12-20(32)15-30-11-10-17-6-3-4-7-18(17)13-30;1-2/h3-4,6-9,14,16,20,32H,2,5,10-13,15H2,1H3,(H,26,33);1-2H3. The predicted molar refractivity (Wildman–Crippen MR) is 138 cm³/mol. The first-order valence-electron chi connectivity index (χ1n) is 12.7. The third kappa shape index (κ3) is 5.98. The quantitative estimate of drug-likeness (QED) is 0.389. The van der Waals surface area contributed by atoms with Crippen molar-refractivity contribution >= 4 is 11.6 Å². The van der Waals surface area contributed by atoms with E-state index >= 15 is 0 Å². The number of fused-ring (bicyclic) bond motifs is 2. The molecule has 0 saturated heterocycles. The van der Waals surface area contributed by atoms with Crippen molar-refractivity contribution in [2.24, 2.45) is 0 Å². The van der Waals surface area contributed by atoms with Crippen molar-refractivity contribution in [3.8, 4) is 11.4 Å². The Kier molecular flexibility index (Phi) is 8.45.